The third-order valence-electron chi connectivity index (χ3n) is 7.13. The number of morpholine rings is 1. The second-order valence-electron chi connectivity index (χ2n) is 9.12. The molecule has 0 saturated carbocycles. The Bertz CT molecular complexity index is 1600. The van der Waals surface area contributed by atoms with E-state index in [1.54, 1.807) is 35.3 Å². The molecule has 11 nitrogen and oxygen atoms in total. The molecule has 4 aliphatic rings. The molecule has 0 radical (unpaired) electrons. The van der Waals surface area contributed by atoms with Crippen molar-refractivity contribution >= 4 is 40.5 Å². The quantitative estimate of drug-likeness (QED) is 0.531. The van der Waals surface area contributed by atoms with E-state index in [-0.39, 0.29) is 17.1 Å². The minimum atomic E-state index is -0.531. The number of benzene rings is 1. The monoisotopic (exact) mass is 495 g/mol. The first-order valence-corrected chi connectivity index (χ1v) is 12.0. The van der Waals surface area contributed by atoms with Crippen LogP contribution in [0.25, 0.3) is 11.4 Å². The first-order chi connectivity index (χ1) is 18.1. The van der Waals surface area contributed by atoms with Crippen LogP contribution in [0.3, 0.4) is 0 Å². The third-order valence-corrected chi connectivity index (χ3v) is 7.13. The number of amides is 3. The molecule has 1 atom stereocenters. The molecule has 4 aliphatic heterocycles. The molecule has 0 spiro atoms. The Balaban J connectivity index is 1.35. The molecule has 0 bridgehead atoms. The van der Waals surface area contributed by atoms with Gasteiger partial charge in [-0.15, -0.1) is 0 Å². The maximum atomic E-state index is 13.5. The summed E-state index contributed by atoms with van der Waals surface area (Å²) in [5.74, 6) is -0.608. The molecule has 3 aromatic rings. The van der Waals surface area contributed by atoms with Crippen LogP contribution in [-0.2, 0) is 25.5 Å². The lowest BCUT2D eigenvalue weighted by atomic mass is 9.94. The van der Waals surface area contributed by atoms with Crippen LogP contribution in [-0.4, -0.2) is 75.0 Å². The Morgan fingerprint density at radius 2 is 1.89 bits per heavy atom. The number of anilines is 1. The number of carbonyl (C=O) groups is 3. The van der Waals surface area contributed by atoms with E-state index in [4.69, 9.17) is 4.74 Å². The lowest BCUT2D eigenvalue weighted by Crippen LogP contribution is -2.49. The zero-order valence-corrected chi connectivity index (χ0v) is 19.6. The lowest BCUT2D eigenvalue weighted by Gasteiger charge is -2.32. The van der Waals surface area contributed by atoms with Crippen molar-refractivity contribution in [3.8, 4) is 0 Å². The Morgan fingerprint density at radius 3 is 2.76 bits per heavy atom. The van der Waals surface area contributed by atoms with E-state index in [1.807, 2.05) is 28.0 Å². The summed E-state index contributed by atoms with van der Waals surface area (Å²) >= 11 is 0. The minimum Gasteiger partial charge on any atom is -0.378 e. The van der Waals surface area contributed by atoms with Gasteiger partial charge in [-0.2, -0.15) is 0 Å². The zero-order chi connectivity index (χ0) is 25.1. The number of rotatable bonds is 3. The highest BCUT2D eigenvalue weighted by molar-refractivity contribution is 6.47. The molecule has 1 unspecified atom stereocenters. The molecule has 1 aromatic carbocycles. The van der Waals surface area contributed by atoms with Crippen LogP contribution in [0.1, 0.15) is 16.8 Å². The Hall–Kier alpha value is -4.64. The number of hydrogen-bond acceptors (Lipinski definition) is 8. The molecular formula is C26H21N7O4. The summed E-state index contributed by atoms with van der Waals surface area (Å²) in [6.45, 7) is 2.17. The summed E-state index contributed by atoms with van der Waals surface area (Å²) in [7, 11) is 0. The molecule has 7 rings (SSSR count). The SMILES string of the molecule is O=C1NC(=O)C(c2cnc3ncccn23)=C1C1=NC=CN2c3c(cccc31)CC2C(=O)N1CCOCC1. The van der Waals surface area contributed by atoms with Crippen molar-refractivity contribution < 1.29 is 19.1 Å². The van der Waals surface area contributed by atoms with Crippen molar-refractivity contribution in [2.24, 2.45) is 4.99 Å². The summed E-state index contributed by atoms with van der Waals surface area (Å²) in [5.41, 5.74) is 3.65. The van der Waals surface area contributed by atoms with Crippen LogP contribution in [0.2, 0.25) is 0 Å². The number of carbonyl (C=O) groups excluding carboxylic acids is 3. The number of fused-ring (bicyclic) bond motifs is 1. The fourth-order valence-electron chi connectivity index (χ4n) is 5.48. The van der Waals surface area contributed by atoms with Gasteiger partial charge in [-0.1, -0.05) is 18.2 Å². The maximum absolute atomic E-state index is 13.5. The van der Waals surface area contributed by atoms with Crippen LogP contribution in [0.4, 0.5) is 5.69 Å². The predicted molar refractivity (Wildman–Crippen MR) is 133 cm³/mol. The Labute approximate surface area is 210 Å². The van der Waals surface area contributed by atoms with Crippen LogP contribution in [0.5, 0.6) is 0 Å². The summed E-state index contributed by atoms with van der Waals surface area (Å²) in [6.07, 6.45) is 8.77. The average Bonchev–Trinajstić information content (AvgIpc) is 3.55. The number of imidazole rings is 1. The van der Waals surface area contributed by atoms with E-state index < -0.39 is 17.9 Å². The van der Waals surface area contributed by atoms with Gasteiger partial charge in [0.15, 0.2) is 0 Å². The van der Waals surface area contributed by atoms with E-state index in [0.29, 0.717) is 55.5 Å². The minimum absolute atomic E-state index is 0.0328. The summed E-state index contributed by atoms with van der Waals surface area (Å²) < 4.78 is 7.08. The number of ether oxygens (including phenoxy) is 1. The van der Waals surface area contributed by atoms with Crippen molar-refractivity contribution in [1.29, 1.82) is 0 Å². The summed E-state index contributed by atoms with van der Waals surface area (Å²) in [6, 6.07) is 7.06. The van der Waals surface area contributed by atoms with Gasteiger partial charge in [0.2, 0.25) is 11.7 Å². The first kappa shape index (κ1) is 21.6. The average molecular weight is 495 g/mol. The number of hydrogen-bond donors (Lipinski definition) is 1. The van der Waals surface area contributed by atoms with Crippen LogP contribution >= 0.6 is 0 Å². The van der Waals surface area contributed by atoms with Gasteiger partial charge in [0.1, 0.15) is 6.04 Å². The molecule has 1 fully saturated rings. The van der Waals surface area contributed by atoms with Gasteiger partial charge in [-0.05, 0) is 11.6 Å². The molecule has 0 aliphatic carbocycles. The topological polar surface area (TPSA) is 122 Å². The van der Waals surface area contributed by atoms with Crippen molar-refractivity contribution in [3.05, 3.63) is 77.6 Å². The molecule has 11 heteroatoms. The fourth-order valence-corrected chi connectivity index (χ4v) is 5.48. The normalized spacial score (nSPS) is 20.9. The van der Waals surface area contributed by atoms with Crippen LogP contribution in [0, 0.1) is 0 Å². The van der Waals surface area contributed by atoms with Gasteiger partial charge >= 0.3 is 0 Å². The van der Waals surface area contributed by atoms with E-state index >= 15 is 0 Å². The Kier molecular flexibility index (Phi) is 4.80. The number of aliphatic imine (C=N–C) groups is 1. The smallest absolute Gasteiger partial charge is 0.261 e. The molecule has 6 heterocycles. The van der Waals surface area contributed by atoms with E-state index in [0.717, 1.165) is 11.3 Å². The fraction of sp³-hybridized carbons (Fsp3) is 0.231. The molecular weight excluding hydrogens is 474 g/mol. The lowest BCUT2D eigenvalue weighted by molar-refractivity contribution is -0.136. The van der Waals surface area contributed by atoms with Crippen LogP contribution in [0.15, 0.2) is 65.8 Å². The highest BCUT2D eigenvalue weighted by atomic mass is 16.5. The van der Waals surface area contributed by atoms with Gasteiger partial charge < -0.3 is 14.5 Å². The van der Waals surface area contributed by atoms with Crippen molar-refractivity contribution in [2.75, 3.05) is 31.2 Å². The Morgan fingerprint density at radius 1 is 1.05 bits per heavy atom. The van der Waals surface area contributed by atoms with E-state index in [9.17, 15) is 14.4 Å². The highest BCUT2D eigenvalue weighted by Gasteiger charge is 2.42. The van der Waals surface area contributed by atoms with E-state index in [1.165, 1.54) is 6.20 Å². The van der Waals surface area contributed by atoms with Gasteiger partial charge in [0, 0.05) is 49.9 Å². The van der Waals surface area contributed by atoms with Crippen molar-refractivity contribution in [3.63, 3.8) is 0 Å². The van der Waals surface area contributed by atoms with Crippen molar-refractivity contribution in [2.45, 2.75) is 12.5 Å². The first-order valence-electron chi connectivity index (χ1n) is 12.0. The maximum Gasteiger partial charge on any atom is 0.261 e. The van der Waals surface area contributed by atoms with Crippen LogP contribution < -0.4 is 10.2 Å². The number of imide groups is 1. The van der Waals surface area contributed by atoms with E-state index in [2.05, 4.69) is 20.3 Å². The standard InChI is InChI=1S/C26H21N7O4/c34-23-19(18-14-29-26-28-5-2-7-33(18)26)20(24(35)30-23)21-16-4-1-3-15-13-17(32(22(15)16)8-6-27-21)25(36)31-9-11-37-12-10-31/h1-8,14,17H,9-13H2,(H,30,34,35). The predicted octanol–water partition coefficient (Wildman–Crippen LogP) is 0.703. The molecule has 1 N–H and O–H groups in total. The molecule has 2 aromatic heterocycles. The molecule has 3 amide bonds. The third kappa shape index (κ3) is 3.24. The van der Waals surface area contributed by atoms with Gasteiger partial charge in [-0.3, -0.25) is 29.1 Å². The zero-order valence-electron chi connectivity index (χ0n) is 19.6. The number of aromatic nitrogens is 3. The number of nitrogens with zero attached hydrogens (tertiary/aromatic N) is 6. The summed E-state index contributed by atoms with van der Waals surface area (Å²) in [4.78, 5) is 56.6. The van der Waals surface area contributed by atoms with Gasteiger partial charge in [0.25, 0.3) is 11.8 Å². The second-order valence-corrected chi connectivity index (χ2v) is 9.12. The number of para-hydroxylation sites is 1. The molecule has 37 heavy (non-hydrogen) atoms. The number of nitrogens with one attached hydrogen (secondary N) is 1. The molecule has 184 valence electrons. The molecule has 1 saturated heterocycles. The van der Waals surface area contributed by atoms with Gasteiger partial charge in [0.05, 0.1) is 47.6 Å². The largest absolute Gasteiger partial charge is 0.378 e. The summed E-state index contributed by atoms with van der Waals surface area (Å²) in [5, 5.41) is 2.43. The van der Waals surface area contributed by atoms with Gasteiger partial charge in [-0.25, -0.2) is 9.97 Å². The van der Waals surface area contributed by atoms with Crippen molar-refractivity contribution in [1.82, 2.24) is 24.6 Å². The highest BCUT2D eigenvalue weighted by Crippen LogP contribution is 2.40. The second kappa shape index (κ2) is 8.20.